The number of anilines is 1. The summed E-state index contributed by atoms with van der Waals surface area (Å²) >= 11 is 6.52. The maximum Gasteiger partial charge on any atom is 0.327 e. The van der Waals surface area contributed by atoms with Crippen LogP contribution >= 0.6 is 11.6 Å². The van der Waals surface area contributed by atoms with Crippen molar-refractivity contribution in [3.05, 3.63) is 28.3 Å². The number of fused-ring (bicyclic) bond motifs is 1. The molecular weight excluding hydrogens is 414 g/mol. The molecule has 1 aromatic rings. The third-order valence-corrected chi connectivity index (χ3v) is 7.86. The predicted octanol–water partition coefficient (Wildman–Crippen LogP) is 5.82. The van der Waals surface area contributed by atoms with Crippen molar-refractivity contribution in [2.45, 2.75) is 72.8 Å². The molecule has 2 aliphatic heterocycles. The number of nitrogens with zero attached hydrogens (tertiary/aromatic N) is 3. The van der Waals surface area contributed by atoms with E-state index in [-0.39, 0.29) is 23.4 Å². The van der Waals surface area contributed by atoms with Gasteiger partial charge in [0, 0.05) is 12.5 Å². The molecule has 0 bridgehead atoms. The number of carbonyl (C=O) groups is 1. The molecule has 5 nitrogen and oxygen atoms in total. The molecule has 30 heavy (non-hydrogen) atoms. The Kier molecular flexibility index (Phi) is 6.05. The van der Waals surface area contributed by atoms with Gasteiger partial charge in [-0.05, 0) is 55.5 Å². The van der Waals surface area contributed by atoms with Gasteiger partial charge >= 0.3 is 6.03 Å². The van der Waals surface area contributed by atoms with Crippen LogP contribution in [0.15, 0.2) is 12.1 Å². The standard InChI is InChI=1S/C23H33ClN3O2Si/c1-14(2)23(29-30(7)8)20-17(22(4,5)6)11-12-26(20)21(28)27(23)18-10-9-16(13-25)19(24)15(18)3/h9-10,14,17,20H,11-12H2,1-8H3. The minimum atomic E-state index is -1.13. The van der Waals surface area contributed by atoms with E-state index in [2.05, 4.69) is 53.8 Å². The maximum absolute atomic E-state index is 13.9. The summed E-state index contributed by atoms with van der Waals surface area (Å²) in [6, 6.07) is 5.64. The zero-order chi connectivity index (χ0) is 22.6. The van der Waals surface area contributed by atoms with Crippen LogP contribution in [-0.4, -0.2) is 38.3 Å². The van der Waals surface area contributed by atoms with E-state index in [1.807, 2.05) is 22.8 Å². The van der Waals surface area contributed by atoms with Gasteiger partial charge < -0.3 is 9.33 Å². The van der Waals surface area contributed by atoms with Gasteiger partial charge in [0.1, 0.15) is 6.07 Å². The second-order valence-corrected chi connectivity index (χ2v) is 12.5. The van der Waals surface area contributed by atoms with E-state index >= 15 is 0 Å². The molecule has 2 fully saturated rings. The van der Waals surface area contributed by atoms with E-state index in [4.69, 9.17) is 16.0 Å². The van der Waals surface area contributed by atoms with E-state index in [0.717, 1.165) is 24.2 Å². The molecule has 163 valence electrons. The van der Waals surface area contributed by atoms with Gasteiger partial charge in [-0.1, -0.05) is 46.2 Å². The van der Waals surface area contributed by atoms with Crippen molar-refractivity contribution in [3.63, 3.8) is 0 Å². The van der Waals surface area contributed by atoms with Crippen LogP contribution in [0.5, 0.6) is 0 Å². The molecular formula is C23H33ClN3O2Si. The molecule has 1 radical (unpaired) electrons. The number of hydrogen-bond acceptors (Lipinski definition) is 3. The molecule has 1 aromatic carbocycles. The first kappa shape index (κ1) is 23.1. The van der Waals surface area contributed by atoms with Crippen molar-refractivity contribution in [3.8, 4) is 6.07 Å². The number of halogens is 1. The largest absolute Gasteiger partial charge is 0.393 e. The Balaban J connectivity index is 2.28. The Morgan fingerprint density at radius 1 is 1.33 bits per heavy atom. The van der Waals surface area contributed by atoms with Crippen LogP contribution in [0.4, 0.5) is 10.5 Å². The average Bonchev–Trinajstić information content (AvgIpc) is 3.17. The van der Waals surface area contributed by atoms with Crippen LogP contribution in [0.3, 0.4) is 0 Å². The molecule has 3 atom stereocenters. The van der Waals surface area contributed by atoms with E-state index in [1.165, 1.54) is 0 Å². The van der Waals surface area contributed by atoms with E-state index < -0.39 is 14.8 Å². The fourth-order valence-corrected chi connectivity index (χ4v) is 6.58. The number of rotatable bonds is 4. The third kappa shape index (κ3) is 3.35. The van der Waals surface area contributed by atoms with Gasteiger partial charge in [-0.3, -0.25) is 4.90 Å². The number of amides is 2. The molecule has 2 saturated heterocycles. The molecule has 0 aliphatic carbocycles. The van der Waals surface area contributed by atoms with Gasteiger partial charge in [-0.2, -0.15) is 5.26 Å². The highest BCUT2D eigenvalue weighted by atomic mass is 35.5. The Morgan fingerprint density at radius 2 is 1.97 bits per heavy atom. The lowest BCUT2D eigenvalue weighted by Gasteiger charge is -2.48. The summed E-state index contributed by atoms with van der Waals surface area (Å²) in [5.41, 5.74) is 1.18. The van der Waals surface area contributed by atoms with Gasteiger partial charge in [-0.25, -0.2) is 4.79 Å². The zero-order valence-electron chi connectivity index (χ0n) is 19.3. The van der Waals surface area contributed by atoms with Crippen LogP contribution in [0.1, 0.15) is 52.2 Å². The lowest BCUT2D eigenvalue weighted by atomic mass is 9.71. The fraction of sp³-hybridized carbons (Fsp3) is 0.652. The summed E-state index contributed by atoms with van der Waals surface area (Å²) in [6.45, 7) is 17.9. The van der Waals surface area contributed by atoms with E-state index in [0.29, 0.717) is 16.5 Å². The fourth-order valence-electron chi connectivity index (χ4n) is 5.28. The van der Waals surface area contributed by atoms with Gasteiger partial charge in [0.2, 0.25) is 9.04 Å². The molecule has 7 heteroatoms. The summed E-state index contributed by atoms with van der Waals surface area (Å²) in [4.78, 5) is 17.7. The number of benzene rings is 1. The van der Waals surface area contributed by atoms with Gasteiger partial charge in [-0.15, -0.1) is 0 Å². The van der Waals surface area contributed by atoms with Crippen LogP contribution in [-0.2, 0) is 4.43 Å². The number of urea groups is 1. The first-order valence-corrected chi connectivity index (χ1v) is 13.5. The predicted molar refractivity (Wildman–Crippen MR) is 123 cm³/mol. The van der Waals surface area contributed by atoms with Crippen molar-refractivity contribution in [2.75, 3.05) is 11.4 Å². The van der Waals surface area contributed by atoms with Crippen molar-refractivity contribution < 1.29 is 9.22 Å². The van der Waals surface area contributed by atoms with Crippen molar-refractivity contribution in [2.24, 2.45) is 17.3 Å². The molecule has 0 saturated carbocycles. The second kappa shape index (κ2) is 7.85. The lowest BCUT2D eigenvalue weighted by Crippen LogP contribution is -2.62. The smallest absolute Gasteiger partial charge is 0.327 e. The molecule has 3 rings (SSSR count). The number of carbonyl (C=O) groups excluding carboxylic acids is 1. The molecule has 2 heterocycles. The highest BCUT2D eigenvalue weighted by Crippen LogP contribution is 2.54. The number of nitriles is 1. The SMILES string of the molecule is Cc1c(N2C(=O)N3CCC(C(C)(C)C)C3C2(O[Si](C)C)C(C)C)ccc(C#N)c1Cl. The van der Waals surface area contributed by atoms with Crippen molar-refractivity contribution >= 4 is 32.4 Å². The van der Waals surface area contributed by atoms with Crippen molar-refractivity contribution in [1.82, 2.24) is 4.90 Å². The van der Waals surface area contributed by atoms with Crippen LogP contribution in [0, 0.1) is 35.5 Å². The topological polar surface area (TPSA) is 56.6 Å². The summed E-state index contributed by atoms with van der Waals surface area (Å²) in [6.07, 6.45) is 0.980. The molecule has 0 aromatic heterocycles. The average molecular weight is 447 g/mol. The van der Waals surface area contributed by atoms with Crippen LogP contribution < -0.4 is 4.90 Å². The Labute approximate surface area is 187 Å². The zero-order valence-corrected chi connectivity index (χ0v) is 21.1. The maximum atomic E-state index is 13.9. The van der Waals surface area contributed by atoms with Gasteiger partial charge in [0.15, 0.2) is 5.72 Å². The molecule has 0 N–H and O–H groups in total. The quantitative estimate of drug-likeness (QED) is 0.547. The number of hydrogen-bond donors (Lipinski definition) is 0. The van der Waals surface area contributed by atoms with Gasteiger partial charge in [0.05, 0.1) is 22.3 Å². The molecule has 2 aliphatic rings. The van der Waals surface area contributed by atoms with Crippen LogP contribution in [0.2, 0.25) is 18.1 Å². The Morgan fingerprint density at radius 3 is 2.47 bits per heavy atom. The third-order valence-electron chi connectivity index (χ3n) is 6.63. The molecule has 2 amide bonds. The highest BCUT2D eigenvalue weighted by molar-refractivity contribution is 6.48. The monoisotopic (exact) mass is 446 g/mol. The van der Waals surface area contributed by atoms with Crippen LogP contribution in [0.25, 0.3) is 0 Å². The minimum absolute atomic E-state index is 0.0208. The van der Waals surface area contributed by atoms with E-state index in [1.54, 1.807) is 6.07 Å². The Hall–Kier alpha value is -1.55. The van der Waals surface area contributed by atoms with Gasteiger partial charge in [0.25, 0.3) is 0 Å². The first-order valence-electron chi connectivity index (χ1n) is 10.7. The summed E-state index contributed by atoms with van der Waals surface area (Å²) in [5.74, 6) is 0.400. The lowest BCUT2D eigenvalue weighted by molar-refractivity contribution is -0.0339. The first-order chi connectivity index (χ1) is 13.9. The molecule has 3 unspecified atom stereocenters. The summed E-state index contributed by atoms with van der Waals surface area (Å²) in [5, 5.41) is 9.77. The minimum Gasteiger partial charge on any atom is -0.393 e. The van der Waals surface area contributed by atoms with E-state index in [9.17, 15) is 10.1 Å². The molecule has 0 spiro atoms. The normalized spacial score (nSPS) is 26.7. The summed E-state index contributed by atoms with van der Waals surface area (Å²) in [7, 11) is -1.13. The Bertz CT molecular complexity index is 890. The summed E-state index contributed by atoms with van der Waals surface area (Å²) < 4.78 is 6.85. The highest BCUT2D eigenvalue weighted by Gasteiger charge is 2.66. The van der Waals surface area contributed by atoms with Crippen molar-refractivity contribution in [1.29, 1.82) is 5.26 Å². The second-order valence-electron chi connectivity index (χ2n) is 10.1.